The molecule has 2 rings (SSSR count). The van der Waals surface area contributed by atoms with Gasteiger partial charge in [-0.25, -0.2) is 0 Å². The zero-order valence-corrected chi connectivity index (χ0v) is 14.1. The lowest BCUT2D eigenvalue weighted by atomic mass is 10.1. The lowest BCUT2D eigenvalue weighted by Crippen LogP contribution is -2.57. The van der Waals surface area contributed by atoms with Gasteiger partial charge < -0.3 is 15.4 Å². The maximum Gasteiger partial charge on any atom is 0.238 e. The lowest BCUT2D eigenvalue weighted by molar-refractivity contribution is -0.127. The summed E-state index contributed by atoms with van der Waals surface area (Å²) in [5.41, 5.74) is 1.09. The molecule has 1 fully saturated rings. The molecule has 6 heteroatoms. The number of methoxy groups -OCH3 is 1. The normalized spacial score (nSPS) is 19.3. The summed E-state index contributed by atoms with van der Waals surface area (Å²) in [5.74, 6) is 0.935. The number of halogens is 1. The van der Waals surface area contributed by atoms with E-state index in [4.69, 9.17) is 4.74 Å². The van der Waals surface area contributed by atoms with Crippen molar-refractivity contribution in [3.63, 3.8) is 0 Å². The highest BCUT2D eigenvalue weighted by Gasteiger charge is 2.28. The molecule has 1 aliphatic heterocycles. The third-order valence-corrected chi connectivity index (χ3v) is 4.12. The van der Waals surface area contributed by atoms with Crippen molar-refractivity contribution in [1.82, 2.24) is 15.5 Å². The van der Waals surface area contributed by atoms with E-state index in [1.54, 1.807) is 7.11 Å². The van der Waals surface area contributed by atoms with Gasteiger partial charge in [0.15, 0.2) is 0 Å². The van der Waals surface area contributed by atoms with Crippen molar-refractivity contribution in [2.75, 3.05) is 33.3 Å². The van der Waals surface area contributed by atoms with Crippen molar-refractivity contribution < 1.29 is 9.53 Å². The minimum absolute atomic E-state index is 0.0821. The molecule has 1 unspecified atom stereocenters. The summed E-state index contributed by atoms with van der Waals surface area (Å²) < 4.78 is 6.44. The molecule has 0 aromatic heterocycles. The van der Waals surface area contributed by atoms with Gasteiger partial charge in [0.2, 0.25) is 5.91 Å². The molecule has 0 spiro atoms. The average molecular weight is 356 g/mol. The molecule has 1 aliphatic rings. The molecule has 2 N–H and O–H groups in total. The van der Waals surface area contributed by atoms with Crippen LogP contribution in [-0.4, -0.2) is 50.1 Å². The fraction of sp³-hybridized carbons (Fsp3) is 0.533. The highest BCUT2D eigenvalue weighted by Crippen LogP contribution is 2.25. The molecule has 1 saturated heterocycles. The first kappa shape index (κ1) is 16.3. The molecule has 1 heterocycles. The number of piperazine rings is 1. The van der Waals surface area contributed by atoms with Crippen molar-refractivity contribution in [3.05, 3.63) is 28.2 Å². The Morgan fingerprint density at radius 2 is 2.38 bits per heavy atom. The first-order valence-electron chi connectivity index (χ1n) is 7.20. The zero-order chi connectivity index (χ0) is 15.2. The molecule has 0 bridgehead atoms. The largest absolute Gasteiger partial charge is 0.496 e. The van der Waals surface area contributed by atoms with E-state index in [1.165, 1.54) is 0 Å². The van der Waals surface area contributed by atoms with Crippen molar-refractivity contribution in [2.24, 2.45) is 0 Å². The first-order chi connectivity index (χ1) is 10.2. The Kier molecular flexibility index (Phi) is 6.02. The number of likely N-dealkylation sites (N-methyl/N-ethyl adjacent to an activating group) is 1. The van der Waals surface area contributed by atoms with E-state index in [1.807, 2.05) is 19.1 Å². The Morgan fingerprint density at radius 3 is 3.10 bits per heavy atom. The molecule has 5 nitrogen and oxygen atoms in total. The van der Waals surface area contributed by atoms with Crippen LogP contribution in [0.3, 0.4) is 0 Å². The van der Waals surface area contributed by atoms with Gasteiger partial charge in [-0.15, -0.1) is 0 Å². The summed E-state index contributed by atoms with van der Waals surface area (Å²) in [6.45, 7) is 5.72. The molecule has 21 heavy (non-hydrogen) atoms. The topological polar surface area (TPSA) is 53.6 Å². The van der Waals surface area contributed by atoms with Crippen LogP contribution in [0.25, 0.3) is 0 Å². The van der Waals surface area contributed by atoms with Gasteiger partial charge in [-0.3, -0.25) is 9.69 Å². The van der Waals surface area contributed by atoms with Gasteiger partial charge in [0, 0.05) is 42.8 Å². The Hall–Kier alpha value is -1.11. The number of benzene rings is 1. The van der Waals surface area contributed by atoms with Crippen molar-refractivity contribution >= 4 is 21.8 Å². The standard InChI is InChI=1S/C15H22BrN3O2/c1-3-18-15(20)13-9-17-6-7-19(13)10-11-8-12(16)4-5-14(11)21-2/h4-5,8,13,17H,3,6-7,9-10H2,1-2H3,(H,18,20). The first-order valence-corrected chi connectivity index (χ1v) is 8.00. The second kappa shape index (κ2) is 7.77. The predicted molar refractivity (Wildman–Crippen MR) is 86.4 cm³/mol. The van der Waals surface area contributed by atoms with Gasteiger partial charge in [-0.2, -0.15) is 0 Å². The number of carbonyl (C=O) groups excluding carboxylic acids is 1. The predicted octanol–water partition coefficient (Wildman–Crippen LogP) is 1.37. The van der Waals surface area contributed by atoms with Gasteiger partial charge in [0.25, 0.3) is 0 Å². The number of nitrogens with one attached hydrogen (secondary N) is 2. The van der Waals surface area contributed by atoms with E-state index in [9.17, 15) is 4.79 Å². The van der Waals surface area contributed by atoms with Crippen LogP contribution in [0, 0.1) is 0 Å². The number of hydrogen-bond donors (Lipinski definition) is 2. The van der Waals surface area contributed by atoms with Crippen LogP contribution in [-0.2, 0) is 11.3 Å². The van der Waals surface area contributed by atoms with Gasteiger partial charge in [-0.05, 0) is 25.1 Å². The van der Waals surface area contributed by atoms with E-state index >= 15 is 0 Å². The van der Waals surface area contributed by atoms with Gasteiger partial charge in [0.1, 0.15) is 11.8 Å². The highest BCUT2D eigenvalue weighted by atomic mass is 79.9. The molecular weight excluding hydrogens is 334 g/mol. The Balaban J connectivity index is 2.15. The van der Waals surface area contributed by atoms with Crippen LogP contribution in [0.2, 0.25) is 0 Å². The number of hydrogen-bond acceptors (Lipinski definition) is 4. The summed E-state index contributed by atoms with van der Waals surface area (Å²) in [6.07, 6.45) is 0. The van der Waals surface area contributed by atoms with E-state index in [0.717, 1.165) is 28.9 Å². The Morgan fingerprint density at radius 1 is 1.57 bits per heavy atom. The van der Waals surface area contributed by atoms with E-state index < -0.39 is 0 Å². The van der Waals surface area contributed by atoms with Gasteiger partial charge in [0.05, 0.1) is 7.11 Å². The van der Waals surface area contributed by atoms with Gasteiger partial charge in [-0.1, -0.05) is 15.9 Å². The molecule has 1 aromatic carbocycles. The SMILES string of the molecule is CCNC(=O)C1CNCCN1Cc1cc(Br)ccc1OC. The maximum atomic E-state index is 12.2. The molecule has 1 aromatic rings. The maximum absolute atomic E-state index is 12.2. The second-order valence-electron chi connectivity index (χ2n) is 5.04. The number of nitrogens with zero attached hydrogens (tertiary/aromatic N) is 1. The number of ether oxygens (including phenoxy) is 1. The third kappa shape index (κ3) is 4.18. The minimum atomic E-state index is -0.137. The molecule has 1 atom stereocenters. The number of carbonyl (C=O) groups is 1. The van der Waals surface area contributed by atoms with E-state index in [0.29, 0.717) is 19.6 Å². The highest BCUT2D eigenvalue weighted by molar-refractivity contribution is 9.10. The molecule has 0 radical (unpaired) electrons. The van der Waals surface area contributed by atoms with Crippen LogP contribution < -0.4 is 15.4 Å². The molecule has 0 aliphatic carbocycles. The fourth-order valence-corrected chi connectivity index (χ4v) is 2.98. The van der Waals surface area contributed by atoms with E-state index in [2.05, 4.69) is 37.5 Å². The van der Waals surface area contributed by atoms with Crippen LogP contribution in [0.5, 0.6) is 5.75 Å². The van der Waals surface area contributed by atoms with Crippen molar-refractivity contribution in [1.29, 1.82) is 0 Å². The van der Waals surface area contributed by atoms with Crippen molar-refractivity contribution in [2.45, 2.75) is 19.5 Å². The Labute approximate surface area is 134 Å². The molecule has 116 valence electrons. The summed E-state index contributed by atoms with van der Waals surface area (Å²) in [7, 11) is 1.67. The fourth-order valence-electron chi connectivity index (χ4n) is 2.58. The van der Waals surface area contributed by atoms with Crippen LogP contribution in [0.1, 0.15) is 12.5 Å². The third-order valence-electron chi connectivity index (χ3n) is 3.62. The molecule has 0 saturated carbocycles. The lowest BCUT2D eigenvalue weighted by Gasteiger charge is -2.35. The van der Waals surface area contributed by atoms with Crippen LogP contribution in [0.15, 0.2) is 22.7 Å². The number of rotatable bonds is 5. The Bertz CT molecular complexity index is 496. The second-order valence-corrected chi connectivity index (χ2v) is 5.96. The summed E-state index contributed by atoms with van der Waals surface area (Å²) in [4.78, 5) is 14.4. The molecule has 1 amide bonds. The van der Waals surface area contributed by atoms with E-state index in [-0.39, 0.29) is 11.9 Å². The summed E-state index contributed by atoms with van der Waals surface area (Å²) in [6, 6.07) is 5.82. The average Bonchev–Trinajstić information content (AvgIpc) is 2.48. The van der Waals surface area contributed by atoms with Crippen molar-refractivity contribution in [3.8, 4) is 5.75 Å². The quantitative estimate of drug-likeness (QED) is 0.837. The summed E-state index contributed by atoms with van der Waals surface area (Å²) in [5, 5.41) is 6.20. The summed E-state index contributed by atoms with van der Waals surface area (Å²) >= 11 is 3.49. The zero-order valence-electron chi connectivity index (χ0n) is 12.5. The number of amides is 1. The molecular formula is C15H22BrN3O2. The van der Waals surface area contributed by atoms with Crippen LogP contribution >= 0.6 is 15.9 Å². The monoisotopic (exact) mass is 355 g/mol. The van der Waals surface area contributed by atoms with Crippen LogP contribution in [0.4, 0.5) is 0 Å². The minimum Gasteiger partial charge on any atom is -0.496 e. The van der Waals surface area contributed by atoms with Gasteiger partial charge >= 0.3 is 0 Å². The smallest absolute Gasteiger partial charge is 0.238 e.